The average molecular weight is 782 g/mol. The molecule has 0 N–H and O–H groups in total. The van der Waals surface area contributed by atoms with Crippen molar-refractivity contribution in [2.75, 3.05) is 0 Å². The van der Waals surface area contributed by atoms with E-state index in [1.54, 1.807) is 0 Å². The summed E-state index contributed by atoms with van der Waals surface area (Å²) in [5.74, 6) is 2.06. The molecule has 4 nitrogen and oxygen atoms in total. The Kier molecular flexibility index (Phi) is 8.41. The van der Waals surface area contributed by atoms with Crippen molar-refractivity contribution in [3.8, 4) is 45.0 Å². The molecule has 61 heavy (non-hydrogen) atoms. The van der Waals surface area contributed by atoms with Crippen molar-refractivity contribution in [3.63, 3.8) is 0 Å². The van der Waals surface area contributed by atoms with Crippen molar-refractivity contribution in [3.05, 3.63) is 222 Å². The van der Waals surface area contributed by atoms with E-state index in [-0.39, 0.29) is 11.8 Å². The molecule has 0 saturated carbocycles. The number of benzene rings is 7. The Hall–Kier alpha value is -7.69. The van der Waals surface area contributed by atoms with Crippen molar-refractivity contribution in [1.29, 1.82) is 0 Å². The van der Waals surface area contributed by atoms with E-state index in [4.69, 9.17) is 19.4 Å². The third-order valence-electron chi connectivity index (χ3n) is 12.6. The van der Waals surface area contributed by atoms with Gasteiger partial charge in [0.2, 0.25) is 0 Å². The number of fused-ring (bicyclic) bond motifs is 6. The molecule has 4 heteroatoms. The summed E-state index contributed by atoms with van der Waals surface area (Å²) in [5, 5.41) is 4.63. The normalized spacial score (nSPS) is 16.7. The maximum atomic E-state index is 6.56. The van der Waals surface area contributed by atoms with Crippen LogP contribution >= 0.6 is 0 Å². The van der Waals surface area contributed by atoms with Crippen LogP contribution in [0.4, 0.5) is 0 Å². The second-order valence-corrected chi connectivity index (χ2v) is 16.2. The van der Waals surface area contributed by atoms with Gasteiger partial charge >= 0.3 is 0 Å². The van der Waals surface area contributed by atoms with Gasteiger partial charge in [0.25, 0.3) is 0 Å². The number of aryl methyl sites for hydroxylation is 1. The molecule has 0 spiro atoms. The second-order valence-electron chi connectivity index (χ2n) is 16.2. The highest BCUT2D eigenvalue weighted by atomic mass is 16.3. The molecule has 0 aliphatic heterocycles. The third-order valence-corrected chi connectivity index (χ3v) is 12.6. The van der Waals surface area contributed by atoms with Crippen LogP contribution in [0.1, 0.15) is 34.9 Å². The molecule has 2 aromatic heterocycles. The fourth-order valence-electron chi connectivity index (χ4n) is 9.53. The highest BCUT2D eigenvalue weighted by Crippen LogP contribution is 2.47. The first-order valence-electron chi connectivity index (χ1n) is 21.1. The highest BCUT2D eigenvalue weighted by Gasteiger charge is 2.31. The van der Waals surface area contributed by atoms with Crippen molar-refractivity contribution in [1.82, 2.24) is 15.0 Å². The zero-order valence-electron chi connectivity index (χ0n) is 33.4. The minimum Gasteiger partial charge on any atom is -0.456 e. The molecule has 3 aliphatic rings. The van der Waals surface area contributed by atoms with Crippen LogP contribution in [0.15, 0.2) is 204 Å². The molecule has 0 radical (unpaired) electrons. The van der Waals surface area contributed by atoms with Crippen LogP contribution in [0.2, 0.25) is 0 Å². The summed E-state index contributed by atoms with van der Waals surface area (Å²) in [5.41, 5.74) is 14.6. The van der Waals surface area contributed by atoms with Gasteiger partial charge in [0.1, 0.15) is 11.2 Å². The molecule has 0 amide bonds. The molecule has 12 rings (SSSR count). The molecule has 3 aliphatic carbocycles. The van der Waals surface area contributed by atoms with Gasteiger partial charge in [0.15, 0.2) is 17.5 Å². The van der Waals surface area contributed by atoms with Crippen LogP contribution in [-0.2, 0) is 6.42 Å². The minimum absolute atomic E-state index is 0.0585. The van der Waals surface area contributed by atoms with Crippen LogP contribution < -0.4 is 0 Å². The molecule has 0 fully saturated rings. The van der Waals surface area contributed by atoms with Crippen molar-refractivity contribution < 1.29 is 4.42 Å². The van der Waals surface area contributed by atoms with Crippen molar-refractivity contribution >= 4 is 44.4 Å². The van der Waals surface area contributed by atoms with E-state index < -0.39 is 0 Å². The highest BCUT2D eigenvalue weighted by molar-refractivity contribution is 6.08. The minimum atomic E-state index is 0.0585. The van der Waals surface area contributed by atoms with Crippen LogP contribution in [0.3, 0.4) is 0 Å². The molecule has 288 valence electrons. The smallest absolute Gasteiger partial charge is 0.164 e. The maximum Gasteiger partial charge on any atom is 0.164 e. The van der Waals surface area contributed by atoms with Crippen LogP contribution in [0.25, 0.3) is 89.4 Å². The molecule has 2 atom stereocenters. The van der Waals surface area contributed by atoms with E-state index in [0.29, 0.717) is 17.5 Å². The Morgan fingerprint density at radius 2 is 1.21 bits per heavy atom. The van der Waals surface area contributed by atoms with E-state index in [1.165, 1.54) is 44.2 Å². The van der Waals surface area contributed by atoms with Gasteiger partial charge in [0.05, 0.1) is 0 Å². The van der Waals surface area contributed by atoms with E-state index in [9.17, 15) is 0 Å². The van der Waals surface area contributed by atoms with Gasteiger partial charge in [-0.05, 0) is 98.5 Å². The second kappa shape index (κ2) is 14.5. The Balaban J connectivity index is 0.982. The lowest BCUT2D eigenvalue weighted by Crippen LogP contribution is -2.18. The summed E-state index contributed by atoms with van der Waals surface area (Å²) in [6, 6.07) is 53.8. The summed E-state index contributed by atoms with van der Waals surface area (Å²) in [6.07, 6.45) is 20.1. The molecule has 0 saturated heterocycles. The third kappa shape index (κ3) is 6.27. The summed E-state index contributed by atoms with van der Waals surface area (Å²) in [6.45, 7) is 0. The molecule has 7 aromatic carbocycles. The van der Waals surface area contributed by atoms with Gasteiger partial charge in [-0.3, -0.25) is 0 Å². The number of hydrogen-bond acceptors (Lipinski definition) is 4. The van der Waals surface area contributed by atoms with Gasteiger partial charge in [-0.2, -0.15) is 0 Å². The maximum absolute atomic E-state index is 6.56. The van der Waals surface area contributed by atoms with E-state index in [0.717, 1.165) is 62.6 Å². The van der Waals surface area contributed by atoms with Gasteiger partial charge in [0, 0.05) is 39.3 Å². The molecule has 0 bridgehead atoms. The molecule has 2 heterocycles. The Bertz CT molecular complexity index is 3380. The van der Waals surface area contributed by atoms with Gasteiger partial charge in [-0.1, -0.05) is 170 Å². The van der Waals surface area contributed by atoms with Crippen LogP contribution in [0.5, 0.6) is 0 Å². The lowest BCUT2D eigenvalue weighted by molar-refractivity contribution is 0.662. The lowest BCUT2D eigenvalue weighted by Gasteiger charge is -2.31. The first-order valence-corrected chi connectivity index (χ1v) is 21.1. The zero-order valence-corrected chi connectivity index (χ0v) is 33.4. The van der Waals surface area contributed by atoms with Gasteiger partial charge in [-0.15, -0.1) is 0 Å². The fraction of sp³-hybridized carbons (Fsp3) is 0.0702. The zero-order chi connectivity index (χ0) is 40.3. The number of hydrogen-bond donors (Lipinski definition) is 0. The summed E-state index contributed by atoms with van der Waals surface area (Å²) in [7, 11) is 0. The topological polar surface area (TPSA) is 51.8 Å². The number of allylic oxidation sites excluding steroid dienone is 9. The van der Waals surface area contributed by atoms with Crippen molar-refractivity contribution in [2.45, 2.75) is 18.8 Å². The molecule has 2 unspecified atom stereocenters. The number of nitrogens with zero attached hydrogens (tertiary/aromatic N) is 3. The van der Waals surface area contributed by atoms with E-state index in [1.807, 2.05) is 6.07 Å². The first-order chi connectivity index (χ1) is 30.2. The fourth-order valence-corrected chi connectivity index (χ4v) is 9.53. The lowest BCUT2D eigenvalue weighted by atomic mass is 9.73. The van der Waals surface area contributed by atoms with Gasteiger partial charge in [-0.25, -0.2) is 15.0 Å². The Labute approximate surface area is 354 Å². The number of aromatic nitrogens is 3. The molecular weight excluding hydrogens is 743 g/mol. The summed E-state index contributed by atoms with van der Waals surface area (Å²) >= 11 is 0. The SMILES string of the molecule is C1=CC2=C(c3nc(-c4cccc(-c5ccccc5)c4)nc(-c4ccc5ccccc5c4)n3)C=CC(c3cccc4oc5ccc(-c6ccc7c(c6)CCC=C7)cc5c34)C2C=C1. The van der Waals surface area contributed by atoms with E-state index in [2.05, 4.69) is 194 Å². The predicted octanol–water partition coefficient (Wildman–Crippen LogP) is 14.4. The quantitative estimate of drug-likeness (QED) is 0.169. The van der Waals surface area contributed by atoms with E-state index >= 15 is 0 Å². The number of rotatable bonds is 6. The monoisotopic (exact) mass is 781 g/mol. The summed E-state index contributed by atoms with van der Waals surface area (Å²) < 4.78 is 6.56. The van der Waals surface area contributed by atoms with Crippen molar-refractivity contribution in [2.24, 2.45) is 5.92 Å². The molecule has 9 aromatic rings. The van der Waals surface area contributed by atoms with Crippen LogP contribution in [0, 0.1) is 5.92 Å². The number of furan rings is 1. The first kappa shape index (κ1) is 35.3. The Morgan fingerprint density at radius 1 is 0.475 bits per heavy atom. The molecular formula is C57H39N3O. The average Bonchev–Trinajstić information content (AvgIpc) is 3.72. The Morgan fingerprint density at radius 3 is 2.13 bits per heavy atom. The van der Waals surface area contributed by atoms with Gasteiger partial charge < -0.3 is 4.42 Å². The predicted molar refractivity (Wildman–Crippen MR) is 251 cm³/mol. The largest absolute Gasteiger partial charge is 0.456 e. The standard InChI is InChI=1S/C57H39N3O/c1-2-12-36(13-3-1)41-18-10-19-44(33-41)55-58-56(45-27-25-38-15-5-7-17-40(38)34-45)60-57(59-55)50-30-29-48(46-20-8-9-21-47(46)50)49-22-11-23-53-54(49)51-35-43(28-31-52(51)61-53)42-26-24-37-14-4-6-16-39(37)32-42/h1-5,7-15,17-35,46,48H,6,16H2. The van der Waals surface area contributed by atoms with Crippen LogP contribution in [-0.4, -0.2) is 15.0 Å². The summed E-state index contributed by atoms with van der Waals surface area (Å²) in [4.78, 5) is 15.7.